The Labute approximate surface area is 287 Å². The van der Waals surface area contributed by atoms with Crippen molar-refractivity contribution in [2.45, 2.75) is 66.5 Å². The standard InChI is InChI=1S/C28H24F2N4O3.C6H11NO2.C2H6.CH4/c1-33-15-22-21(28(33)36)3-2-4-25(22)37-16-20-6-5-19(12-23(20)29)26(35)18-7-9-34(10-8-18)27-24(30)11-17(13-31)14-32-27;1-7-6(9)4-2-3-5-8;1-2;/h2-6,11-12,14,18H,7-10,15-16H2,1H3;5H,2-4H2,1H3,(H,7,9);1-2H3;1H4. The molecule has 0 radical (unpaired) electrons. The van der Waals surface area contributed by atoms with Crippen LogP contribution in [0.3, 0.4) is 0 Å². The van der Waals surface area contributed by atoms with Gasteiger partial charge in [0, 0.05) is 74.4 Å². The number of Topliss-reactive ketones (excluding diaryl/α,β-unsaturated/α-hetero) is 1. The van der Waals surface area contributed by atoms with E-state index in [1.54, 1.807) is 54.2 Å². The number of amides is 2. The van der Waals surface area contributed by atoms with Gasteiger partial charge in [-0.15, -0.1) is 0 Å². The van der Waals surface area contributed by atoms with Crippen molar-refractivity contribution in [2.75, 3.05) is 32.1 Å². The highest BCUT2D eigenvalue weighted by molar-refractivity contribution is 5.99. The van der Waals surface area contributed by atoms with Gasteiger partial charge in [0.15, 0.2) is 17.4 Å². The lowest BCUT2D eigenvalue weighted by atomic mass is 9.88. The van der Waals surface area contributed by atoms with Crippen LogP contribution in [0.2, 0.25) is 0 Å². The van der Waals surface area contributed by atoms with Crippen molar-refractivity contribution in [1.82, 2.24) is 15.2 Å². The maximum Gasteiger partial charge on any atom is 0.254 e. The zero-order valence-corrected chi connectivity index (χ0v) is 27.7. The molecule has 0 atom stereocenters. The Morgan fingerprint density at radius 1 is 1.12 bits per heavy atom. The number of pyridine rings is 1. The predicted octanol–water partition coefficient (Wildman–Crippen LogP) is 6.26. The molecule has 0 saturated carbocycles. The van der Waals surface area contributed by atoms with Crippen LogP contribution in [0.1, 0.15) is 90.8 Å². The number of carbonyl (C=O) groups excluding carboxylic acids is 4. The van der Waals surface area contributed by atoms with E-state index < -0.39 is 11.6 Å². The Balaban J connectivity index is 0.000000606. The molecule has 1 saturated heterocycles. The van der Waals surface area contributed by atoms with Crippen molar-refractivity contribution >= 4 is 29.7 Å². The number of fused-ring (bicyclic) bond motifs is 1. The lowest BCUT2D eigenvalue weighted by molar-refractivity contribution is -0.120. The van der Waals surface area contributed by atoms with Gasteiger partial charge in [-0.3, -0.25) is 14.4 Å². The zero-order chi connectivity index (χ0) is 35.2. The molecule has 2 aliphatic rings. The summed E-state index contributed by atoms with van der Waals surface area (Å²) in [5.41, 5.74) is 2.12. The summed E-state index contributed by atoms with van der Waals surface area (Å²) in [6, 6.07) is 12.6. The molecule has 49 heavy (non-hydrogen) atoms. The predicted molar refractivity (Wildman–Crippen MR) is 183 cm³/mol. The quantitative estimate of drug-likeness (QED) is 0.151. The molecule has 0 spiro atoms. The number of aldehydes is 1. The molecule has 2 aliphatic heterocycles. The van der Waals surface area contributed by atoms with Crippen molar-refractivity contribution in [3.05, 3.63) is 88.1 Å². The summed E-state index contributed by atoms with van der Waals surface area (Å²) in [5.74, 6) is -0.927. The van der Waals surface area contributed by atoms with E-state index in [4.69, 9.17) is 10.00 Å². The number of carbonyl (C=O) groups is 4. The molecule has 5 rings (SSSR count). The number of piperidine rings is 1. The number of hydrogen-bond donors (Lipinski definition) is 1. The van der Waals surface area contributed by atoms with Crippen LogP contribution >= 0.6 is 0 Å². The summed E-state index contributed by atoms with van der Waals surface area (Å²) in [7, 11) is 3.30. The number of ketones is 1. The molecule has 2 aromatic carbocycles. The van der Waals surface area contributed by atoms with Crippen molar-refractivity contribution in [3.8, 4) is 11.8 Å². The zero-order valence-electron chi connectivity index (χ0n) is 27.7. The number of rotatable bonds is 10. The molecular formula is C37H45F2N5O5. The summed E-state index contributed by atoms with van der Waals surface area (Å²) < 4.78 is 35.0. The third kappa shape index (κ3) is 10.4. The number of nitrogens with one attached hydrogen (secondary N) is 1. The third-order valence-electron chi connectivity index (χ3n) is 7.95. The van der Waals surface area contributed by atoms with Gasteiger partial charge < -0.3 is 24.6 Å². The number of aromatic nitrogens is 1. The SMILES string of the molecule is C.CC.CN1Cc2c(OCc3ccc(C(=O)C4CCN(c5ncc(C#N)cc5F)CC4)cc3F)cccc2C1=O.CNC(=O)CCCC=O. The monoisotopic (exact) mass is 677 g/mol. The highest BCUT2D eigenvalue weighted by Crippen LogP contribution is 2.31. The first-order valence-corrected chi connectivity index (χ1v) is 15.9. The first kappa shape index (κ1) is 40.0. The van der Waals surface area contributed by atoms with Crippen LogP contribution < -0.4 is 15.0 Å². The molecule has 12 heteroatoms. The van der Waals surface area contributed by atoms with Gasteiger partial charge >= 0.3 is 0 Å². The minimum atomic E-state index is -0.567. The highest BCUT2D eigenvalue weighted by atomic mass is 19.1. The van der Waals surface area contributed by atoms with Gasteiger partial charge in [0.2, 0.25) is 5.91 Å². The van der Waals surface area contributed by atoms with Crippen molar-refractivity contribution in [1.29, 1.82) is 5.26 Å². The van der Waals surface area contributed by atoms with Crippen LogP contribution in [0, 0.1) is 28.9 Å². The molecule has 3 heterocycles. The second-order valence-electron chi connectivity index (χ2n) is 11.0. The van der Waals surface area contributed by atoms with Gasteiger partial charge in [0.1, 0.15) is 30.5 Å². The summed E-state index contributed by atoms with van der Waals surface area (Å²) in [5, 5.41) is 11.4. The molecule has 2 amide bonds. The molecule has 0 unspecified atom stereocenters. The Morgan fingerprint density at radius 2 is 1.84 bits per heavy atom. The van der Waals surface area contributed by atoms with Crippen LogP contribution in [-0.2, 0) is 22.7 Å². The summed E-state index contributed by atoms with van der Waals surface area (Å²) in [4.78, 5) is 52.8. The molecule has 1 fully saturated rings. The summed E-state index contributed by atoms with van der Waals surface area (Å²) in [6.45, 7) is 5.27. The third-order valence-corrected chi connectivity index (χ3v) is 7.95. The Bertz CT molecular complexity index is 1650. The largest absolute Gasteiger partial charge is 0.488 e. The average Bonchev–Trinajstić information content (AvgIpc) is 3.41. The van der Waals surface area contributed by atoms with Crippen LogP contribution in [0.15, 0.2) is 48.7 Å². The minimum Gasteiger partial charge on any atom is -0.488 e. The van der Waals surface area contributed by atoms with Gasteiger partial charge in [-0.05, 0) is 43.5 Å². The number of nitriles is 1. The number of anilines is 1. The Morgan fingerprint density at radius 3 is 2.45 bits per heavy atom. The van der Waals surface area contributed by atoms with Gasteiger partial charge in [0.05, 0.1) is 12.1 Å². The number of benzene rings is 2. The fraction of sp³-hybridized carbons (Fsp3) is 0.405. The van der Waals surface area contributed by atoms with Gasteiger partial charge in [-0.2, -0.15) is 5.26 Å². The highest BCUT2D eigenvalue weighted by Gasteiger charge is 2.29. The van der Waals surface area contributed by atoms with Crippen LogP contribution in [0.5, 0.6) is 5.75 Å². The lowest BCUT2D eigenvalue weighted by Gasteiger charge is -2.32. The maximum atomic E-state index is 14.9. The van der Waals surface area contributed by atoms with Gasteiger partial charge in [-0.1, -0.05) is 39.5 Å². The molecular weight excluding hydrogens is 632 g/mol. The van der Waals surface area contributed by atoms with Gasteiger partial charge in [0.25, 0.3) is 5.91 Å². The molecule has 3 aromatic rings. The fourth-order valence-corrected chi connectivity index (χ4v) is 5.34. The van der Waals surface area contributed by atoms with E-state index in [1.807, 2.05) is 19.9 Å². The van der Waals surface area contributed by atoms with E-state index in [1.165, 1.54) is 12.3 Å². The second kappa shape index (κ2) is 19.6. The number of hydrogen-bond acceptors (Lipinski definition) is 8. The fourth-order valence-electron chi connectivity index (χ4n) is 5.34. The normalized spacial score (nSPS) is 13.4. The molecule has 10 nitrogen and oxygen atoms in total. The lowest BCUT2D eigenvalue weighted by Crippen LogP contribution is -2.37. The maximum absolute atomic E-state index is 14.9. The van der Waals surface area contributed by atoms with Crippen LogP contribution in [0.4, 0.5) is 14.6 Å². The van der Waals surface area contributed by atoms with Crippen LogP contribution in [-0.4, -0.2) is 61.0 Å². The van der Waals surface area contributed by atoms with Gasteiger partial charge in [-0.25, -0.2) is 13.8 Å². The number of nitrogens with zero attached hydrogens (tertiary/aromatic N) is 4. The molecule has 262 valence electrons. The van der Waals surface area contributed by atoms with Crippen molar-refractivity contribution in [3.63, 3.8) is 0 Å². The van der Waals surface area contributed by atoms with E-state index in [0.717, 1.165) is 17.9 Å². The summed E-state index contributed by atoms with van der Waals surface area (Å²) >= 11 is 0. The van der Waals surface area contributed by atoms with Crippen LogP contribution in [0.25, 0.3) is 0 Å². The van der Waals surface area contributed by atoms with E-state index >= 15 is 0 Å². The number of ether oxygens (including phenoxy) is 1. The average molecular weight is 678 g/mol. The molecule has 0 bridgehead atoms. The summed E-state index contributed by atoms with van der Waals surface area (Å²) in [6.07, 6.45) is 4.71. The Hall–Kier alpha value is -5.18. The smallest absolute Gasteiger partial charge is 0.254 e. The van der Waals surface area contributed by atoms with E-state index in [-0.39, 0.29) is 54.5 Å². The van der Waals surface area contributed by atoms with E-state index in [0.29, 0.717) is 68.6 Å². The number of unbranched alkanes of at least 4 members (excludes halogenated alkanes) is 1. The molecule has 1 aromatic heterocycles. The molecule has 0 aliphatic carbocycles. The molecule has 1 N–H and O–H groups in total. The van der Waals surface area contributed by atoms with E-state index in [2.05, 4.69) is 10.3 Å². The minimum absolute atomic E-state index is 0. The second-order valence-corrected chi connectivity index (χ2v) is 11.0. The van der Waals surface area contributed by atoms with Crippen molar-refractivity contribution < 1.29 is 32.7 Å². The topological polar surface area (TPSA) is 133 Å². The Kier molecular flexibility index (Phi) is 16.0. The van der Waals surface area contributed by atoms with Crippen molar-refractivity contribution in [2.24, 2.45) is 5.92 Å². The number of halogens is 2. The van der Waals surface area contributed by atoms with E-state index in [9.17, 15) is 28.0 Å². The first-order chi connectivity index (χ1) is 23.2. The first-order valence-electron chi connectivity index (χ1n) is 15.9.